The summed E-state index contributed by atoms with van der Waals surface area (Å²) in [5, 5.41) is 0.485. The molecule has 0 saturated carbocycles. The van der Waals surface area contributed by atoms with Crippen LogP contribution in [0.3, 0.4) is 0 Å². The molecule has 0 saturated heterocycles. The average Bonchev–Trinajstić information content (AvgIpc) is 2.59. The van der Waals surface area contributed by atoms with Crippen LogP contribution in [0.25, 0.3) is 10.9 Å². The number of H-pyrrole nitrogens is 1. The van der Waals surface area contributed by atoms with Crippen molar-refractivity contribution in [2.75, 3.05) is 12.8 Å². The maximum Gasteiger partial charge on any atom is 0.159 e. The van der Waals surface area contributed by atoms with E-state index in [1.54, 1.807) is 18.3 Å². The van der Waals surface area contributed by atoms with Crippen LogP contribution in [0.4, 0.5) is 10.1 Å². The predicted octanol–water partition coefficient (Wildman–Crippen LogP) is 1.90. The lowest BCUT2D eigenvalue weighted by molar-refractivity contribution is 0.415. The van der Waals surface area contributed by atoms with Gasteiger partial charge in [0.15, 0.2) is 5.82 Å². The maximum atomic E-state index is 13.5. The van der Waals surface area contributed by atoms with E-state index in [2.05, 4.69) is 4.98 Å². The zero-order valence-corrected chi connectivity index (χ0v) is 7.10. The van der Waals surface area contributed by atoms with E-state index in [4.69, 9.17) is 10.5 Å². The van der Waals surface area contributed by atoms with Gasteiger partial charge in [-0.05, 0) is 6.07 Å². The molecular formula is C9H9FN2O. The summed E-state index contributed by atoms with van der Waals surface area (Å²) in [4.78, 5) is 2.89. The number of nitrogens with two attached hydrogens (primary N) is 1. The molecule has 2 aromatic rings. The topological polar surface area (TPSA) is 51.0 Å². The second kappa shape index (κ2) is 2.65. The van der Waals surface area contributed by atoms with Crippen molar-refractivity contribution in [3.8, 4) is 5.75 Å². The number of methoxy groups -OCH3 is 1. The van der Waals surface area contributed by atoms with Crippen molar-refractivity contribution >= 4 is 16.6 Å². The molecule has 0 atom stereocenters. The molecule has 0 aliphatic carbocycles. The fourth-order valence-corrected chi connectivity index (χ4v) is 1.32. The fraction of sp³-hybridized carbons (Fsp3) is 0.111. The summed E-state index contributed by atoms with van der Waals surface area (Å²) in [6.07, 6.45) is 1.66. The first-order chi connectivity index (χ1) is 6.24. The number of rotatable bonds is 1. The van der Waals surface area contributed by atoms with Crippen LogP contribution in [-0.2, 0) is 0 Å². The molecule has 0 aliphatic heterocycles. The molecule has 0 unspecified atom stereocenters. The van der Waals surface area contributed by atoms with Crippen LogP contribution in [-0.4, -0.2) is 12.1 Å². The molecule has 13 heavy (non-hydrogen) atoms. The van der Waals surface area contributed by atoms with Crippen LogP contribution >= 0.6 is 0 Å². The van der Waals surface area contributed by atoms with E-state index in [0.717, 1.165) is 0 Å². The number of anilines is 1. The zero-order chi connectivity index (χ0) is 9.42. The van der Waals surface area contributed by atoms with Crippen molar-refractivity contribution in [3.63, 3.8) is 0 Å². The summed E-state index contributed by atoms with van der Waals surface area (Å²) >= 11 is 0. The lowest BCUT2D eigenvalue weighted by Gasteiger charge is -2.05. The Balaban J connectivity index is 2.83. The van der Waals surface area contributed by atoms with Crippen LogP contribution in [0.5, 0.6) is 5.75 Å². The number of aromatic nitrogens is 1. The van der Waals surface area contributed by atoms with E-state index in [1.807, 2.05) is 0 Å². The van der Waals surface area contributed by atoms with Crippen LogP contribution in [0.15, 0.2) is 18.3 Å². The minimum absolute atomic E-state index is 0.0506. The number of nitrogen functional groups attached to an aromatic ring is 1. The second-order valence-corrected chi connectivity index (χ2v) is 2.75. The Morgan fingerprint density at radius 2 is 2.31 bits per heavy atom. The van der Waals surface area contributed by atoms with Gasteiger partial charge in [-0.1, -0.05) is 0 Å². The summed E-state index contributed by atoms with van der Waals surface area (Å²) in [5.41, 5.74) is 6.24. The lowest BCUT2D eigenvalue weighted by Crippen LogP contribution is -1.96. The van der Waals surface area contributed by atoms with Crippen molar-refractivity contribution in [1.82, 2.24) is 4.98 Å². The molecule has 0 aliphatic rings. The first-order valence-corrected chi connectivity index (χ1v) is 3.83. The Hall–Kier alpha value is -1.71. The van der Waals surface area contributed by atoms with E-state index < -0.39 is 5.82 Å². The Morgan fingerprint density at radius 1 is 1.54 bits per heavy atom. The summed E-state index contributed by atoms with van der Waals surface area (Å²) in [6.45, 7) is 0. The van der Waals surface area contributed by atoms with E-state index in [1.165, 1.54) is 7.11 Å². The third kappa shape index (κ3) is 1.02. The van der Waals surface area contributed by atoms with Crippen molar-refractivity contribution in [3.05, 3.63) is 24.1 Å². The van der Waals surface area contributed by atoms with Gasteiger partial charge in [-0.25, -0.2) is 4.39 Å². The first-order valence-electron chi connectivity index (χ1n) is 3.83. The molecular weight excluding hydrogens is 171 g/mol. The molecule has 1 aromatic carbocycles. The zero-order valence-electron chi connectivity index (χ0n) is 7.10. The van der Waals surface area contributed by atoms with Gasteiger partial charge in [0.05, 0.1) is 12.6 Å². The molecule has 1 heterocycles. The number of fused-ring (bicyclic) bond motifs is 1. The molecule has 0 fully saturated rings. The number of hydrogen-bond donors (Lipinski definition) is 2. The predicted molar refractivity (Wildman–Crippen MR) is 49.2 cm³/mol. The van der Waals surface area contributed by atoms with E-state index in [-0.39, 0.29) is 5.69 Å². The SMILES string of the molecule is COc1cc2[nH]ccc2c(F)c1N. The summed E-state index contributed by atoms with van der Waals surface area (Å²) in [7, 11) is 1.46. The highest BCUT2D eigenvalue weighted by Crippen LogP contribution is 2.30. The van der Waals surface area contributed by atoms with Crippen LogP contribution in [0, 0.1) is 5.82 Å². The normalized spacial score (nSPS) is 10.6. The quantitative estimate of drug-likeness (QED) is 0.658. The highest BCUT2D eigenvalue weighted by molar-refractivity contribution is 5.86. The Bertz CT molecular complexity index is 450. The van der Waals surface area contributed by atoms with Gasteiger partial charge in [0.1, 0.15) is 11.4 Å². The van der Waals surface area contributed by atoms with Crippen molar-refractivity contribution in [2.24, 2.45) is 0 Å². The van der Waals surface area contributed by atoms with Crippen molar-refractivity contribution in [2.45, 2.75) is 0 Å². The highest BCUT2D eigenvalue weighted by atomic mass is 19.1. The smallest absolute Gasteiger partial charge is 0.159 e. The van der Waals surface area contributed by atoms with Gasteiger partial charge in [0.2, 0.25) is 0 Å². The van der Waals surface area contributed by atoms with Gasteiger partial charge in [0.25, 0.3) is 0 Å². The molecule has 3 N–H and O–H groups in total. The van der Waals surface area contributed by atoms with Gasteiger partial charge in [0, 0.05) is 17.6 Å². The number of nitrogens with one attached hydrogen (secondary N) is 1. The molecule has 0 amide bonds. The fourth-order valence-electron chi connectivity index (χ4n) is 1.32. The molecule has 4 heteroatoms. The van der Waals surface area contributed by atoms with Gasteiger partial charge in [-0.3, -0.25) is 0 Å². The molecule has 1 aromatic heterocycles. The van der Waals surface area contributed by atoms with Crippen LogP contribution in [0.2, 0.25) is 0 Å². The van der Waals surface area contributed by atoms with Crippen LogP contribution in [0.1, 0.15) is 0 Å². The van der Waals surface area contributed by atoms with Crippen molar-refractivity contribution < 1.29 is 9.13 Å². The summed E-state index contributed by atoms with van der Waals surface area (Å²) in [5.74, 6) is -0.0805. The van der Waals surface area contributed by atoms with Gasteiger partial charge in [-0.15, -0.1) is 0 Å². The minimum atomic E-state index is -0.435. The van der Waals surface area contributed by atoms with Gasteiger partial charge < -0.3 is 15.5 Å². The first kappa shape index (κ1) is 7.91. The Kier molecular flexibility index (Phi) is 1.62. The molecule has 2 rings (SSSR count). The van der Waals surface area contributed by atoms with Gasteiger partial charge >= 0.3 is 0 Å². The third-order valence-electron chi connectivity index (χ3n) is 2.01. The second-order valence-electron chi connectivity index (χ2n) is 2.75. The summed E-state index contributed by atoms with van der Waals surface area (Å²) < 4.78 is 18.4. The molecule has 0 bridgehead atoms. The van der Waals surface area contributed by atoms with Crippen molar-refractivity contribution in [1.29, 1.82) is 0 Å². The molecule has 68 valence electrons. The van der Waals surface area contributed by atoms with E-state index in [0.29, 0.717) is 16.7 Å². The monoisotopic (exact) mass is 180 g/mol. The summed E-state index contributed by atoms with van der Waals surface area (Å²) in [6, 6.07) is 3.31. The lowest BCUT2D eigenvalue weighted by atomic mass is 10.2. The largest absolute Gasteiger partial charge is 0.494 e. The number of halogens is 1. The molecule has 3 nitrogen and oxygen atoms in total. The van der Waals surface area contributed by atoms with E-state index in [9.17, 15) is 4.39 Å². The minimum Gasteiger partial charge on any atom is -0.494 e. The average molecular weight is 180 g/mol. The number of ether oxygens (including phenoxy) is 1. The maximum absolute atomic E-state index is 13.5. The standard InChI is InChI=1S/C9H9FN2O/c1-13-7-4-6-5(2-3-12-6)8(10)9(7)11/h2-4,12H,11H2,1H3. The number of hydrogen-bond acceptors (Lipinski definition) is 2. The Labute approximate surface area is 74.3 Å². The highest BCUT2D eigenvalue weighted by Gasteiger charge is 2.11. The van der Waals surface area contributed by atoms with E-state index >= 15 is 0 Å². The number of aromatic amines is 1. The molecule has 0 spiro atoms. The third-order valence-corrected chi connectivity index (χ3v) is 2.01. The number of benzene rings is 1. The molecule has 0 radical (unpaired) electrons. The van der Waals surface area contributed by atoms with Crippen LogP contribution < -0.4 is 10.5 Å². The van der Waals surface area contributed by atoms with Gasteiger partial charge in [-0.2, -0.15) is 0 Å². The Morgan fingerprint density at radius 3 is 3.00 bits per heavy atom.